The van der Waals surface area contributed by atoms with E-state index in [1.807, 2.05) is 0 Å². The van der Waals surface area contributed by atoms with Crippen LogP contribution in [0.1, 0.15) is 15.9 Å². The monoisotopic (exact) mass is 280 g/mol. The van der Waals surface area contributed by atoms with Gasteiger partial charge < -0.3 is 0 Å². The number of hydrogen-bond acceptors (Lipinski definition) is 3. The van der Waals surface area contributed by atoms with E-state index in [-0.39, 0.29) is 17.4 Å². The van der Waals surface area contributed by atoms with Crippen molar-refractivity contribution >= 4 is 38.3 Å². The molecule has 16 heavy (non-hydrogen) atoms. The van der Waals surface area contributed by atoms with Crippen LogP contribution in [0, 0.1) is 0 Å². The van der Waals surface area contributed by atoms with Gasteiger partial charge in [-0.15, -0.1) is 11.6 Å². The zero-order valence-electron chi connectivity index (χ0n) is 8.32. The maximum Gasteiger partial charge on any atom is 0.252 e. The smallest absolute Gasteiger partial charge is 0.252 e. The lowest BCUT2D eigenvalue weighted by Crippen LogP contribution is -2.10. The highest BCUT2D eigenvalue weighted by atomic mass is 35.5. The summed E-state index contributed by atoms with van der Waals surface area (Å²) in [5.41, 5.74) is 0.965. The van der Waals surface area contributed by atoms with Crippen molar-refractivity contribution in [3.05, 3.63) is 35.4 Å². The second-order valence-corrected chi connectivity index (χ2v) is 6.16. The van der Waals surface area contributed by atoms with E-state index >= 15 is 0 Å². The van der Waals surface area contributed by atoms with Crippen LogP contribution in [-0.2, 0) is 15.6 Å². The summed E-state index contributed by atoms with van der Waals surface area (Å²) in [6, 6.07) is 6.14. The van der Waals surface area contributed by atoms with Crippen LogP contribution in [0.15, 0.2) is 24.3 Å². The van der Waals surface area contributed by atoms with Gasteiger partial charge in [0.25, 0.3) is 5.24 Å². The number of sulfone groups is 1. The maximum absolute atomic E-state index is 11.4. The molecule has 0 N–H and O–H groups in total. The van der Waals surface area contributed by atoms with Crippen molar-refractivity contribution in [3.8, 4) is 0 Å². The zero-order valence-corrected chi connectivity index (χ0v) is 10.6. The molecule has 0 radical (unpaired) electrons. The molecule has 0 saturated carbocycles. The Bertz CT molecular complexity index is 465. The minimum Gasteiger partial charge on any atom is -0.276 e. The first-order valence-corrected chi connectivity index (χ1v) is 7.23. The predicted molar refractivity (Wildman–Crippen MR) is 64.8 cm³/mol. The number of carbonyl (C=O) groups excluding carboxylic acids is 1. The van der Waals surface area contributed by atoms with Crippen molar-refractivity contribution in [2.75, 3.05) is 11.6 Å². The van der Waals surface area contributed by atoms with Gasteiger partial charge in [0.2, 0.25) is 0 Å². The van der Waals surface area contributed by atoms with Crippen molar-refractivity contribution in [3.63, 3.8) is 0 Å². The third kappa shape index (κ3) is 4.12. The fraction of sp³-hybridized carbons (Fsp3) is 0.300. The molecule has 0 spiro atoms. The van der Waals surface area contributed by atoms with Crippen LogP contribution < -0.4 is 0 Å². The van der Waals surface area contributed by atoms with Gasteiger partial charge in [0, 0.05) is 11.4 Å². The molecule has 88 valence electrons. The summed E-state index contributed by atoms with van der Waals surface area (Å²) in [5, 5.41) is -0.560. The molecule has 0 atom stereocenters. The molecule has 1 aromatic carbocycles. The summed E-state index contributed by atoms with van der Waals surface area (Å²) in [6.45, 7) is 0. The average molecular weight is 281 g/mol. The van der Waals surface area contributed by atoms with Gasteiger partial charge in [-0.25, -0.2) is 8.42 Å². The van der Waals surface area contributed by atoms with E-state index in [9.17, 15) is 13.2 Å². The molecule has 0 aliphatic carbocycles. The van der Waals surface area contributed by atoms with E-state index in [2.05, 4.69) is 0 Å². The Labute approximate surface area is 104 Å². The van der Waals surface area contributed by atoms with Gasteiger partial charge in [-0.1, -0.05) is 12.1 Å². The molecule has 0 amide bonds. The lowest BCUT2D eigenvalue weighted by Gasteiger charge is -2.02. The highest BCUT2D eigenvalue weighted by Gasteiger charge is 2.11. The number of halogens is 2. The summed E-state index contributed by atoms with van der Waals surface area (Å²) in [5.74, 6) is -0.0399. The van der Waals surface area contributed by atoms with Gasteiger partial charge >= 0.3 is 0 Å². The zero-order chi connectivity index (χ0) is 12.2. The van der Waals surface area contributed by atoms with Crippen LogP contribution >= 0.6 is 23.2 Å². The average Bonchev–Trinajstić information content (AvgIpc) is 2.17. The molecule has 0 heterocycles. The first kappa shape index (κ1) is 13.5. The molecule has 0 aromatic heterocycles. The van der Waals surface area contributed by atoms with E-state index in [1.54, 1.807) is 12.1 Å². The topological polar surface area (TPSA) is 51.2 Å². The van der Waals surface area contributed by atoms with Crippen molar-refractivity contribution in [2.24, 2.45) is 0 Å². The summed E-state index contributed by atoms with van der Waals surface area (Å²) in [7, 11) is -3.17. The Morgan fingerprint density at radius 1 is 1.19 bits per heavy atom. The fourth-order valence-corrected chi connectivity index (χ4v) is 3.09. The van der Waals surface area contributed by atoms with Crippen molar-refractivity contribution in [1.82, 2.24) is 0 Å². The Hall–Kier alpha value is -0.580. The third-order valence-electron chi connectivity index (χ3n) is 1.96. The summed E-state index contributed by atoms with van der Waals surface area (Å²) >= 11 is 10.6. The highest BCUT2D eigenvalue weighted by molar-refractivity contribution is 7.90. The predicted octanol–water partition coefficient (Wildman–Crippen LogP) is 2.22. The van der Waals surface area contributed by atoms with Crippen LogP contribution in [0.25, 0.3) is 0 Å². The second kappa shape index (κ2) is 5.66. The number of carbonyl (C=O) groups is 1. The standard InChI is InChI=1S/C10H10Cl2O3S/c11-5-6-16(14,15)7-8-1-3-9(4-2-8)10(12)13/h1-4H,5-7H2. The lowest BCUT2D eigenvalue weighted by atomic mass is 10.2. The normalized spacial score (nSPS) is 11.4. The highest BCUT2D eigenvalue weighted by Crippen LogP contribution is 2.10. The third-order valence-corrected chi connectivity index (χ3v) is 4.19. The molecule has 1 rings (SSSR count). The Balaban J connectivity index is 2.80. The largest absolute Gasteiger partial charge is 0.276 e. The number of benzene rings is 1. The summed E-state index contributed by atoms with van der Waals surface area (Å²) in [4.78, 5) is 10.8. The SMILES string of the molecule is O=C(Cl)c1ccc(CS(=O)(=O)CCCl)cc1. The van der Waals surface area contributed by atoms with Gasteiger partial charge in [0.1, 0.15) is 0 Å². The van der Waals surface area contributed by atoms with Gasteiger partial charge in [-0.05, 0) is 29.3 Å². The number of rotatable bonds is 5. The molecule has 1 aromatic rings. The van der Waals surface area contributed by atoms with Crippen LogP contribution in [0.4, 0.5) is 0 Å². The van der Waals surface area contributed by atoms with Crippen molar-refractivity contribution in [2.45, 2.75) is 5.75 Å². The van der Waals surface area contributed by atoms with Crippen molar-refractivity contribution in [1.29, 1.82) is 0 Å². The van der Waals surface area contributed by atoms with Gasteiger partial charge in [-0.2, -0.15) is 0 Å². The second-order valence-electron chi connectivity index (χ2n) is 3.25. The van der Waals surface area contributed by atoms with Crippen LogP contribution in [0.5, 0.6) is 0 Å². The molecular weight excluding hydrogens is 271 g/mol. The first-order valence-electron chi connectivity index (χ1n) is 4.50. The molecule has 0 aliphatic rings. The molecule has 0 fully saturated rings. The summed E-state index contributed by atoms with van der Waals surface area (Å²) in [6.07, 6.45) is 0. The first-order chi connectivity index (χ1) is 7.44. The molecular formula is C10H10Cl2O3S. The van der Waals surface area contributed by atoms with E-state index in [4.69, 9.17) is 23.2 Å². The van der Waals surface area contributed by atoms with E-state index < -0.39 is 15.1 Å². The van der Waals surface area contributed by atoms with Crippen molar-refractivity contribution < 1.29 is 13.2 Å². The number of hydrogen-bond donors (Lipinski definition) is 0. The number of alkyl halides is 1. The molecule has 3 nitrogen and oxygen atoms in total. The summed E-state index contributed by atoms with van der Waals surface area (Å²) < 4.78 is 22.9. The molecule has 0 unspecified atom stereocenters. The Morgan fingerprint density at radius 3 is 2.19 bits per heavy atom. The van der Waals surface area contributed by atoms with E-state index in [0.717, 1.165) is 0 Å². The molecule has 0 bridgehead atoms. The van der Waals surface area contributed by atoms with E-state index in [1.165, 1.54) is 12.1 Å². The van der Waals surface area contributed by atoms with Crippen LogP contribution in [0.3, 0.4) is 0 Å². The maximum atomic E-state index is 11.4. The fourth-order valence-electron chi connectivity index (χ4n) is 1.18. The Morgan fingerprint density at radius 2 is 1.75 bits per heavy atom. The molecule has 6 heteroatoms. The Kier molecular flexibility index (Phi) is 4.77. The quantitative estimate of drug-likeness (QED) is 0.614. The van der Waals surface area contributed by atoms with Gasteiger partial charge in [-0.3, -0.25) is 4.79 Å². The molecule has 0 saturated heterocycles. The van der Waals surface area contributed by atoms with Crippen LogP contribution in [-0.4, -0.2) is 25.3 Å². The minimum absolute atomic E-state index is 0.0508. The lowest BCUT2D eigenvalue weighted by molar-refractivity contribution is 0.108. The van der Waals surface area contributed by atoms with Crippen LogP contribution in [0.2, 0.25) is 0 Å². The minimum atomic E-state index is -3.17. The van der Waals surface area contributed by atoms with Gasteiger partial charge in [0.05, 0.1) is 11.5 Å². The van der Waals surface area contributed by atoms with E-state index in [0.29, 0.717) is 11.1 Å². The molecule has 0 aliphatic heterocycles. The van der Waals surface area contributed by atoms with Gasteiger partial charge in [0.15, 0.2) is 9.84 Å².